The minimum atomic E-state index is 0.0603. The highest BCUT2D eigenvalue weighted by Gasteiger charge is 2.08. The van der Waals surface area contributed by atoms with E-state index >= 15 is 0 Å². The van der Waals surface area contributed by atoms with Crippen LogP contribution >= 0.6 is 0 Å². The number of hydrogen-bond acceptors (Lipinski definition) is 5. The van der Waals surface area contributed by atoms with Gasteiger partial charge in [0.1, 0.15) is 17.7 Å². The van der Waals surface area contributed by atoms with E-state index < -0.39 is 0 Å². The molecule has 2 heterocycles. The van der Waals surface area contributed by atoms with Crippen LogP contribution in [-0.2, 0) is 6.54 Å². The standard InChI is InChI=1S/C13H13N7/c14-11(15)9-3-1-8(2-4-9)5-20-7-19-10-12(16)17-6-18-13(10)20/h1-4,6-7H,5H2,(H3,14,15)(H2,16,17,18). The number of amidine groups is 1. The molecule has 0 spiro atoms. The molecule has 7 heteroatoms. The van der Waals surface area contributed by atoms with Gasteiger partial charge in [0.15, 0.2) is 11.5 Å². The Balaban J connectivity index is 1.93. The lowest BCUT2D eigenvalue weighted by molar-refractivity contribution is 0.813. The fourth-order valence-electron chi connectivity index (χ4n) is 2.00. The molecule has 0 saturated carbocycles. The summed E-state index contributed by atoms with van der Waals surface area (Å²) >= 11 is 0. The second-order valence-corrected chi connectivity index (χ2v) is 4.41. The monoisotopic (exact) mass is 267 g/mol. The van der Waals surface area contributed by atoms with E-state index in [2.05, 4.69) is 15.0 Å². The van der Waals surface area contributed by atoms with E-state index in [1.54, 1.807) is 6.33 Å². The molecule has 0 saturated heterocycles. The summed E-state index contributed by atoms with van der Waals surface area (Å²) in [4.78, 5) is 12.3. The Morgan fingerprint density at radius 1 is 1.15 bits per heavy atom. The van der Waals surface area contributed by atoms with Crippen LogP contribution < -0.4 is 11.5 Å². The quantitative estimate of drug-likeness (QED) is 0.477. The molecular weight excluding hydrogens is 254 g/mol. The summed E-state index contributed by atoms with van der Waals surface area (Å²) < 4.78 is 1.90. The molecule has 0 aliphatic heterocycles. The SMILES string of the molecule is N=C(N)c1ccc(Cn2cnc3c(N)ncnc32)cc1. The summed E-state index contributed by atoms with van der Waals surface area (Å²) in [5, 5.41) is 7.37. The average molecular weight is 267 g/mol. The predicted molar refractivity (Wildman–Crippen MR) is 76.3 cm³/mol. The molecule has 2 aromatic heterocycles. The van der Waals surface area contributed by atoms with Crippen LogP contribution in [0.15, 0.2) is 36.9 Å². The van der Waals surface area contributed by atoms with Crippen LogP contribution in [0.2, 0.25) is 0 Å². The van der Waals surface area contributed by atoms with Gasteiger partial charge in [-0.05, 0) is 5.56 Å². The molecule has 0 bridgehead atoms. The maximum Gasteiger partial charge on any atom is 0.165 e. The van der Waals surface area contributed by atoms with E-state index in [-0.39, 0.29) is 5.84 Å². The number of anilines is 1. The first-order valence-electron chi connectivity index (χ1n) is 6.00. The number of nitrogen functional groups attached to an aromatic ring is 2. The van der Waals surface area contributed by atoms with Gasteiger partial charge in [-0.1, -0.05) is 24.3 Å². The number of hydrogen-bond donors (Lipinski definition) is 3. The van der Waals surface area contributed by atoms with Crippen LogP contribution in [-0.4, -0.2) is 25.4 Å². The fourth-order valence-corrected chi connectivity index (χ4v) is 2.00. The maximum absolute atomic E-state index is 7.37. The van der Waals surface area contributed by atoms with Crippen molar-refractivity contribution in [3.63, 3.8) is 0 Å². The molecule has 5 N–H and O–H groups in total. The van der Waals surface area contributed by atoms with Crippen LogP contribution in [0.25, 0.3) is 11.2 Å². The Morgan fingerprint density at radius 3 is 2.60 bits per heavy atom. The van der Waals surface area contributed by atoms with Gasteiger partial charge in [0, 0.05) is 5.56 Å². The van der Waals surface area contributed by atoms with Gasteiger partial charge in [0.2, 0.25) is 0 Å². The van der Waals surface area contributed by atoms with Gasteiger partial charge in [-0.25, -0.2) is 15.0 Å². The third kappa shape index (κ3) is 2.05. The van der Waals surface area contributed by atoms with E-state index in [0.717, 1.165) is 5.56 Å². The fraction of sp³-hybridized carbons (Fsp3) is 0.0769. The van der Waals surface area contributed by atoms with Crippen LogP contribution in [0.3, 0.4) is 0 Å². The number of aromatic nitrogens is 4. The smallest absolute Gasteiger partial charge is 0.165 e. The van der Waals surface area contributed by atoms with Crippen molar-refractivity contribution in [2.45, 2.75) is 6.54 Å². The number of benzene rings is 1. The summed E-state index contributed by atoms with van der Waals surface area (Å²) in [5.41, 5.74) is 14.3. The van der Waals surface area contributed by atoms with Crippen molar-refractivity contribution >= 4 is 22.8 Å². The Bertz CT molecular complexity index is 773. The first kappa shape index (κ1) is 12.1. The first-order chi connectivity index (χ1) is 9.65. The number of nitrogens with one attached hydrogen (secondary N) is 1. The van der Waals surface area contributed by atoms with E-state index in [0.29, 0.717) is 29.1 Å². The minimum absolute atomic E-state index is 0.0603. The summed E-state index contributed by atoms with van der Waals surface area (Å²) in [5.74, 6) is 0.436. The molecule has 0 fully saturated rings. The van der Waals surface area contributed by atoms with Gasteiger partial charge in [-0.2, -0.15) is 0 Å². The van der Waals surface area contributed by atoms with Crippen molar-refractivity contribution in [1.82, 2.24) is 19.5 Å². The van der Waals surface area contributed by atoms with Crippen LogP contribution in [0.1, 0.15) is 11.1 Å². The molecule has 0 aliphatic carbocycles. The molecule has 0 unspecified atom stereocenters. The van der Waals surface area contributed by atoms with Crippen molar-refractivity contribution in [3.05, 3.63) is 48.0 Å². The van der Waals surface area contributed by atoms with Crippen LogP contribution in [0, 0.1) is 5.41 Å². The van der Waals surface area contributed by atoms with Crippen molar-refractivity contribution in [2.24, 2.45) is 5.73 Å². The summed E-state index contributed by atoms with van der Waals surface area (Å²) in [6.07, 6.45) is 3.11. The molecular formula is C13H13N7. The normalized spacial score (nSPS) is 10.8. The maximum atomic E-state index is 7.37. The zero-order valence-electron chi connectivity index (χ0n) is 10.6. The van der Waals surface area contributed by atoms with Gasteiger partial charge in [0.05, 0.1) is 12.9 Å². The molecule has 100 valence electrons. The Kier molecular flexibility index (Phi) is 2.79. The average Bonchev–Trinajstić information content (AvgIpc) is 2.84. The molecule has 3 aromatic rings. The Hall–Kier alpha value is -2.96. The van der Waals surface area contributed by atoms with Crippen molar-refractivity contribution in [2.75, 3.05) is 5.73 Å². The van der Waals surface area contributed by atoms with E-state index in [9.17, 15) is 0 Å². The summed E-state index contributed by atoms with van der Waals surface area (Å²) in [6.45, 7) is 0.616. The predicted octanol–water partition coefficient (Wildman–Crippen LogP) is 0.741. The van der Waals surface area contributed by atoms with Gasteiger partial charge in [0.25, 0.3) is 0 Å². The number of rotatable bonds is 3. The minimum Gasteiger partial charge on any atom is -0.384 e. The van der Waals surface area contributed by atoms with Crippen molar-refractivity contribution in [1.29, 1.82) is 5.41 Å². The van der Waals surface area contributed by atoms with Crippen molar-refractivity contribution in [3.8, 4) is 0 Å². The Morgan fingerprint density at radius 2 is 1.90 bits per heavy atom. The highest BCUT2D eigenvalue weighted by atomic mass is 15.1. The largest absolute Gasteiger partial charge is 0.384 e. The van der Waals surface area contributed by atoms with Gasteiger partial charge < -0.3 is 16.0 Å². The van der Waals surface area contributed by atoms with Crippen LogP contribution in [0.4, 0.5) is 5.82 Å². The highest BCUT2D eigenvalue weighted by Crippen LogP contribution is 2.15. The molecule has 1 aromatic carbocycles. The van der Waals surface area contributed by atoms with E-state index in [1.165, 1.54) is 6.33 Å². The molecule has 7 nitrogen and oxygen atoms in total. The second-order valence-electron chi connectivity index (χ2n) is 4.41. The van der Waals surface area contributed by atoms with E-state index in [4.69, 9.17) is 16.9 Å². The highest BCUT2D eigenvalue weighted by molar-refractivity contribution is 5.94. The molecule has 20 heavy (non-hydrogen) atoms. The van der Waals surface area contributed by atoms with Gasteiger partial charge in [-0.3, -0.25) is 5.41 Å². The lowest BCUT2D eigenvalue weighted by Gasteiger charge is -2.05. The molecule has 3 rings (SSSR count). The van der Waals surface area contributed by atoms with Gasteiger partial charge >= 0.3 is 0 Å². The summed E-state index contributed by atoms with van der Waals surface area (Å²) in [7, 11) is 0. The number of nitrogens with zero attached hydrogens (tertiary/aromatic N) is 4. The first-order valence-corrected chi connectivity index (χ1v) is 6.00. The number of nitrogens with two attached hydrogens (primary N) is 2. The molecule has 0 radical (unpaired) electrons. The van der Waals surface area contributed by atoms with Crippen LogP contribution in [0.5, 0.6) is 0 Å². The lowest BCUT2D eigenvalue weighted by atomic mass is 10.1. The zero-order valence-corrected chi connectivity index (χ0v) is 10.6. The number of fused-ring (bicyclic) bond motifs is 1. The zero-order chi connectivity index (χ0) is 14.1. The molecule has 0 atom stereocenters. The molecule has 0 aliphatic rings. The topological polar surface area (TPSA) is 119 Å². The third-order valence-electron chi connectivity index (χ3n) is 3.05. The van der Waals surface area contributed by atoms with E-state index in [1.807, 2.05) is 28.8 Å². The summed E-state index contributed by atoms with van der Waals surface area (Å²) in [6, 6.07) is 7.49. The second kappa shape index (κ2) is 4.61. The lowest BCUT2D eigenvalue weighted by Crippen LogP contribution is -2.10. The number of imidazole rings is 1. The van der Waals surface area contributed by atoms with Gasteiger partial charge in [-0.15, -0.1) is 0 Å². The van der Waals surface area contributed by atoms with Crippen molar-refractivity contribution < 1.29 is 0 Å². The third-order valence-corrected chi connectivity index (χ3v) is 3.05. The Labute approximate surface area is 114 Å². The molecule has 0 amide bonds.